The number of allylic oxidation sites excluding steroid dienone is 2. The summed E-state index contributed by atoms with van der Waals surface area (Å²) in [7, 11) is 0. The van der Waals surface area contributed by atoms with Crippen LogP contribution in [0.4, 0.5) is 4.39 Å². The Hall–Kier alpha value is -2.80. The highest BCUT2D eigenvalue weighted by Gasteiger charge is 2.49. The van der Waals surface area contributed by atoms with E-state index in [0.717, 1.165) is 25.7 Å². The molecule has 194 valence electrons. The number of nitrogens with zero attached hydrogens (tertiary/aromatic N) is 3. The number of aliphatic hydroxyl groups is 1. The summed E-state index contributed by atoms with van der Waals surface area (Å²) >= 11 is 0. The first-order valence-corrected chi connectivity index (χ1v) is 13.1. The van der Waals surface area contributed by atoms with Gasteiger partial charge in [-0.15, -0.1) is 0 Å². The van der Waals surface area contributed by atoms with Gasteiger partial charge in [-0.25, -0.2) is 9.37 Å². The van der Waals surface area contributed by atoms with Crippen LogP contribution in [0.15, 0.2) is 53.1 Å². The molecule has 1 aliphatic heterocycles. The summed E-state index contributed by atoms with van der Waals surface area (Å²) in [6, 6.07) is 7.50. The third-order valence-corrected chi connectivity index (χ3v) is 8.15. The lowest BCUT2D eigenvalue weighted by Crippen LogP contribution is -2.61. The molecular formula is C29H38FN3O3. The molecule has 0 saturated carbocycles. The highest BCUT2D eigenvalue weighted by Crippen LogP contribution is 2.40. The number of hydrogen-bond acceptors (Lipinski definition) is 4. The Morgan fingerprint density at radius 1 is 1.25 bits per heavy atom. The molecule has 1 N–H and O–H groups in total. The van der Waals surface area contributed by atoms with Crippen molar-refractivity contribution < 1.29 is 14.3 Å². The van der Waals surface area contributed by atoms with E-state index in [1.165, 1.54) is 41.4 Å². The summed E-state index contributed by atoms with van der Waals surface area (Å²) in [5, 5.41) is 11.7. The smallest absolute Gasteiger partial charge is 0.253 e. The van der Waals surface area contributed by atoms with Crippen molar-refractivity contribution >= 4 is 5.91 Å². The SMILES string of the molecule is CCC(CC1=CCCCC1)C(=O)N1CCC(O)(Cn2cnc(-c3ccccc3F)cc2=O)C(C)(C)C1. The predicted molar refractivity (Wildman–Crippen MR) is 139 cm³/mol. The van der Waals surface area contributed by atoms with Gasteiger partial charge in [0.1, 0.15) is 5.82 Å². The molecule has 0 bridgehead atoms. The van der Waals surface area contributed by atoms with Crippen LogP contribution in [-0.4, -0.2) is 44.2 Å². The third-order valence-electron chi connectivity index (χ3n) is 8.15. The zero-order valence-corrected chi connectivity index (χ0v) is 21.7. The molecule has 2 aromatic rings. The van der Waals surface area contributed by atoms with Crippen LogP contribution in [-0.2, 0) is 11.3 Å². The van der Waals surface area contributed by atoms with Crippen molar-refractivity contribution in [2.24, 2.45) is 11.3 Å². The molecule has 1 aliphatic carbocycles. The summed E-state index contributed by atoms with van der Waals surface area (Å²) < 4.78 is 15.5. The number of carbonyl (C=O) groups is 1. The van der Waals surface area contributed by atoms with Gasteiger partial charge in [0.25, 0.3) is 5.56 Å². The van der Waals surface area contributed by atoms with Crippen molar-refractivity contribution in [3.8, 4) is 11.3 Å². The second-order valence-corrected chi connectivity index (χ2v) is 11.1. The monoisotopic (exact) mass is 495 g/mol. The van der Waals surface area contributed by atoms with Gasteiger partial charge in [0.2, 0.25) is 5.91 Å². The molecule has 0 spiro atoms. The number of amides is 1. The van der Waals surface area contributed by atoms with Gasteiger partial charge in [0.15, 0.2) is 0 Å². The van der Waals surface area contributed by atoms with E-state index < -0.39 is 16.8 Å². The number of aromatic nitrogens is 2. The van der Waals surface area contributed by atoms with Gasteiger partial charge >= 0.3 is 0 Å². The topological polar surface area (TPSA) is 75.4 Å². The number of benzene rings is 1. The summed E-state index contributed by atoms with van der Waals surface area (Å²) in [6.07, 6.45) is 10.3. The summed E-state index contributed by atoms with van der Waals surface area (Å²) in [6.45, 7) is 6.90. The van der Waals surface area contributed by atoms with Crippen LogP contribution in [0.1, 0.15) is 65.7 Å². The van der Waals surface area contributed by atoms with E-state index in [4.69, 9.17) is 0 Å². The van der Waals surface area contributed by atoms with Crippen molar-refractivity contribution in [3.05, 3.63) is 64.5 Å². The number of piperidine rings is 1. The minimum atomic E-state index is -1.19. The zero-order chi connectivity index (χ0) is 25.9. The first kappa shape index (κ1) is 26.3. The molecule has 2 unspecified atom stereocenters. The summed E-state index contributed by atoms with van der Waals surface area (Å²) in [5.74, 6) is -0.314. The molecular weight excluding hydrogens is 457 g/mol. The maximum absolute atomic E-state index is 14.1. The molecule has 1 saturated heterocycles. The van der Waals surface area contributed by atoms with E-state index in [1.54, 1.807) is 18.2 Å². The molecule has 6 nitrogen and oxygen atoms in total. The minimum absolute atomic E-state index is 0.0333. The minimum Gasteiger partial charge on any atom is -0.387 e. The molecule has 7 heteroatoms. The van der Waals surface area contributed by atoms with Crippen molar-refractivity contribution in [1.82, 2.24) is 14.5 Å². The highest BCUT2D eigenvalue weighted by atomic mass is 19.1. The van der Waals surface area contributed by atoms with Crippen molar-refractivity contribution in [2.45, 2.75) is 77.9 Å². The summed E-state index contributed by atoms with van der Waals surface area (Å²) in [5.41, 5.74) is -0.241. The molecule has 36 heavy (non-hydrogen) atoms. The lowest BCUT2D eigenvalue weighted by molar-refractivity contribution is -0.157. The predicted octanol–water partition coefficient (Wildman–Crippen LogP) is 4.96. The lowest BCUT2D eigenvalue weighted by atomic mass is 9.69. The number of carbonyl (C=O) groups excluding carboxylic acids is 1. The van der Waals surface area contributed by atoms with Crippen LogP contribution >= 0.6 is 0 Å². The molecule has 2 atom stereocenters. The Bertz CT molecular complexity index is 1190. The average molecular weight is 496 g/mol. The Labute approximate surface area is 212 Å². The van der Waals surface area contributed by atoms with Crippen LogP contribution in [0.25, 0.3) is 11.3 Å². The largest absolute Gasteiger partial charge is 0.387 e. The van der Waals surface area contributed by atoms with Gasteiger partial charge < -0.3 is 10.0 Å². The Kier molecular flexibility index (Phi) is 7.79. The first-order valence-electron chi connectivity index (χ1n) is 13.1. The number of halogens is 1. The van der Waals surface area contributed by atoms with Gasteiger partial charge in [-0.05, 0) is 57.1 Å². The van der Waals surface area contributed by atoms with Gasteiger partial charge in [0.05, 0.1) is 24.2 Å². The van der Waals surface area contributed by atoms with Crippen molar-refractivity contribution in [2.75, 3.05) is 13.1 Å². The molecule has 2 aliphatic rings. The van der Waals surface area contributed by atoms with Crippen LogP contribution in [0.2, 0.25) is 0 Å². The number of hydrogen-bond donors (Lipinski definition) is 1. The highest BCUT2D eigenvalue weighted by molar-refractivity contribution is 5.79. The molecule has 2 heterocycles. The Morgan fingerprint density at radius 3 is 2.67 bits per heavy atom. The van der Waals surface area contributed by atoms with Crippen molar-refractivity contribution in [1.29, 1.82) is 0 Å². The van der Waals surface area contributed by atoms with Crippen LogP contribution in [0, 0.1) is 17.2 Å². The zero-order valence-electron chi connectivity index (χ0n) is 21.7. The maximum Gasteiger partial charge on any atom is 0.253 e. The van der Waals surface area contributed by atoms with E-state index >= 15 is 0 Å². The Morgan fingerprint density at radius 2 is 2.03 bits per heavy atom. The van der Waals surface area contributed by atoms with Crippen LogP contribution in [0.5, 0.6) is 0 Å². The fourth-order valence-corrected chi connectivity index (χ4v) is 5.56. The first-order chi connectivity index (χ1) is 17.1. The molecule has 1 aromatic carbocycles. The number of rotatable bonds is 7. The molecule has 1 amide bonds. The molecule has 4 rings (SSSR count). The third kappa shape index (κ3) is 5.46. The molecule has 0 radical (unpaired) electrons. The second kappa shape index (κ2) is 10.7. The average Bonchev–Trinajstić information content (AvgIpc) is 2.86. The van der Waals surface area contributed by atoms with Gasteiger partial charge in [-0.1, -0.05) is 44.6 Å². The van der Waals surface area contributed by atoms with Crippen molar-refractivity contribution in [3.63, 3.8) is 0 Å². The molecule has 1 fully saturated rings. The van der Waals surface area contributed by atoms with E-state index in [2.05, 4.69) is 18.0 Å². The van der Waals surface area contributed by atoms with E-state index in [-0.39, 0.29) is 35.2 Å². The normalized spacial score (nSPS) is 22.7. The summed E-state index contributed by atoms with van der Waals surface area (Å²) in [4.78, 5) is 32.5. The van der Waals surface area contributed by atoms with Gasteiger partial charge in [-0.3, -0.25) is 14.2 Å². The number of likely N-dealkylation sites (tertiary alicyclic amines) is 1. The Balaban J connectivity index is 1.46. The van der Waals surface area contributed by atoms with Gasteiger partial charge in [0, 0.05) is 36.1 Å². The second-order valence-electron chi connectivity index (χ2n) is 11.1. The molecule has 1 aromatic heterocycles. The van der Waals surface area contributed by atoms with E-state index in [0.29, 0.717) is 19.5 Å². The van der Waals surface area contributed by atoms with E-state index in [1.807, 2.05) is 18.7 Å². The van der Waals surface area contributed by atoms with Crippen LogP contribution < -0.4 is 5.56 Å². The maximum atomic E-state index is 14.1. The van der Waals surface area contributed by atoms with Crippen LogP contribution in [0.3, 0.4) is 0 Å². The van der Waals surface area contributed by atoms with E-state index in [9.17, 15) is 19.1 Å². The fraction of sp³-hybridized carbons (Fsp3) is 0.552. The fourth-order valence-electron chi connectivity index (χ4n) is 5.56. The quantitative estimate of drug-likeness (QED) is 0.551. The van der Waals surface area contributed by atoms with Gasteiger partial charge in [-0.2, -0.15) is 0 Å². The lowest BCUT2D eigenvalue weighted by Gasteiger charge is -2.51. The standard InChI is InChI=1S/C29H38FN3O3/c1-4-22(16-21-10-6-5-7-11-21)27(35)32-15-14-29(36,28(2,3)18-32)19-33-20-31-25(17-26(33)34)23-12-8-9-13-24(23)30/h8-10,12-13,17,20,22,36H,4-7,11,14-16,18-19H2,1-3H3.